The van der Waals surface area contributed by atoms with Crippen molar-refractivity contribution in [3.63, 3.8) is 0 Å². The summed E-state index contributed by atoms with van der Waals surface area (Å²) in [7, 11) is 1.62. The van der Waals surface area contributed by atoms with Gasteiger partial charge in [0, 0.05) is 0 Å². The van der Waals surface area contributed by atoms with Gasteiger partial charge in [-0.05, 0) is 47.7 Å². The highest BCUT2D eigenvalue weighted by molar-refractivity contribution is 6.21. The summed E-state index contributed by atoms with van der Waals surface area (Å²) in [6.07, 6.45) is 0.859. The van der Waals surface area contributed by atoms with Gasteiger partial charge in [0.15, 0.2) is 0 Å². The first kappa shape index (κ1) is 14.0. The van der Waals surface area contributed by atoms with E-state index in [9.17, 15) is 9.59 Å². The number of amides is 2. The van der Waals surface area contributed by atoms with Crippen molar-refractivity contribution >= 4 is 11.8 Å². The van der Waals surface area contributed by atoms with Crippen molar-refractivity contribution in [2.45, 2.75) is 19.4 Å². The molecule has 0 N–H and O–H groups in total. The Balaban J connectivity index is 1.81. The molecule has 0 radical (unpaired) electrons. The lowest BCUT2D eigenvalue weighted by molar-refractivity contribution is 0.0544. The molecule has 1 aliphatic heterocycles. The lowest BCUT2D eigenvalue weighted by atomic mass is 10.0. The first-order valence-corrected chi connectivity index (χ1v) is 7.75. The van der Waals surface area contributed by atoms with Crippen molar-refractivity contribution in [3.05, 3.63) is 64.7 Å². The number of fused-ring (bicyclic) bond motifs is 2. The predicted octanol–water partition coefficient (Wildman–Crippen LogP) is 3.22. The monoisotopic (exact) mass is 307 g/mol. The standard InChI is InChI=1S/C19H17NO3/c1-11-9-12-7-8-13(23-2)10-16(12)17(11)20-18(21)14-5-3-4-6-15(14)19(20)22/h3-8,10-11,17H,9H2,1-2H3/t11-,17+/m0/s1. The van der Waals surface area contributed by atoms with Gasteiger partial charge >= 0.3 is 0 Å². The van der Waals surface area contributed by atoms with E-state index in [1.54, 1.807) is 31.4 Å². The summed E-state index contributed by atoms with van der Waals surface area (Å²) < 4.78 is 5.31. The number of hydrogen-bond donors (Lipinski definition) is 0. The largest absolute Gasteiger partial charge is 0.497 e. The Kier molecular flexibility index (Phi) is 3.01. The maximum Gasteiger partial charge on any atom is 0.262 e. The molecule has 2 aromatic rings. The third kappa shape index (κ3) is 1.91. The highest BCUT2D eigenvalue weighted by atomic mass is 16.5. The molecule has 4 nitrogen and oxygen atoms in total. The molecule has 0 spiro atoms. The summed E-state index contributed by atoms with van der Waals surface area (Å²) in [5.74, 6) is 0.551. The van der Waals surface area contributed by atoms with Crippen LogP contribution in [-0.4, -0.2) is 23.8 Å². The zero-order valence-electron chi connectivity index (χ0n) is 13.1. The summed E-state index contributed by atoms with van der Waals surface area (Å²) in [5, 5.41) is 0. The molecule has 4 rings (SSSR count). The van der Waals surface area contributed by atoms with Crippen molar-refractivity contribution in [1.29, 1.82) is 0 Å². The van der Waals surface area contributed by atoms with Crippen molar-refractivity contribution in [2.24, 2.45) is 5.92 Å². The molecule has 2 atom stereocenters. The number of nitrogens with zero attached hydrogens (tertiary/aromatic N) is 1. The fourth-order valence-electron chi connectivity index (χ4n) is 3.78. The van der Waals surface area contributed by atoms with Gasteiger partial charge < -0.3 is 4.74 Å². The average Bonchev–Trinajstić information content (AvgIpc) is 3.01. The van der Waals surface area contributed by atoms with Crippen LogP contribution in [0.15, 0.2) is 42.5 Å². The lowest BCUT2D eigenvalue weighted by Crippen LogP contribution is -2.35. The molecule has 0 fully saturated rings. The normalized spacial score (nSPS) is 22.3. The Morgan fingerprint density at radius 3 is 2.30 bits per heavy atom. The summed E-state index contributed by atoms with van der Waals surface area (Å²) in [6.45, 7) is 2.08. The summed E-state index contributed by atoms with van der Waals surface area (Å²) in [6, 6.07) is 12.7. The van der Waals surface area contributed by atoms with Gasteiger partial charge in [-0.15, -0.1) is 0 Å². The van der Waals surface area contributed by atoms with Gasteiger partial charge in [0.2, 0.25) is 0 Å². The first-order chi connectivity index (χ1) is 11.1. The zero-order chi connectivity index (χ0) is 16.1. The van der Waals surface area contributed by atoms with Crippen molar-refractivity contribution in [3.8, 4) is 5.75 Å². The number of ether oxygens (including phenoxy) is 1. The van der Waals surface area contributed by atoms with Crippen molar-refractivity contribution in [1.82, 2.24) is 4.90 Å². The number of imide groups is 1. The van der Waals surface area contributed by atoms with E-state index < -0.39 is 0 Å². The lowest BCUT2D eigenvalue weighted by Gasteiger charge is -2.27. The van der Waals surface area contributed by atoms with Crippen LogP contribution in [0, 0.1) is 5.92 Å². The highest BCUT2D eigenvalue weighted by Gasteiger charge is 2.45. The minimum atomic E-state index is -0.229. The molecule has 0 saturated heterocycles. The number of benzene rings is 2. The molecule has 0 unspecified atom stereocenters. The van der Waals surface area contributed by atoms with Crippen molar-refractivity contribution in [2.75, 3.05) is 7.11 Å². The number of carbonyl (C=O) groups is 2. The van der Waals surface area contributed by atoms with E-state index in [1.807, 2.05) is 18.2 Å². The van der Waals surface area contributed by atoms with Crippen LogP contribution < -0.4 is 4.74 Å². The van der Waals surface area contributed by atoms with E-state index in [0.29, 0.717) is 11.1 Å². The Morgan fingerprint density at radius 1 is 1.04 bits per heavy atom. The highest BCUT2D eigenvalue weighted by Crippen LogP contribution is 2.44. The van der Waals surface area contributed by atoms with E-state index >= 15 is 0 Å². The van der Waals surface area contributed by atoms with Gasteiger partial charge in [-0.3, -0.25) is 14.5 Å². The fraction of sp³-hybridized carbons (Fsp3) is 0.263. The van der Waals surface area contributed by atoms with Crippen LogP contribution in [0.1, 0.15) is 44.8 Å². The Morgan fingerprint density at radius 2 is 1.70 bits per heavy atom. The minimum absolute atomic E-state index is 0.194. The Bertz CT molecular complexity index is 792. The number of rotatable bonds is 2. The van der Waals surface area contributed by atoms with E-state index in [0.717, 1.165) is 17.7 Å². The number of carbonyl (C=O) groups excluding carboxylic acids is 2. The van der Waals surface area contributed by atoms with E-state index in [-0.39, 0.29) is 23.8 Å². The fourth-order valence-corrected chi connectivity index (χ4v) is 3.78. The van der Waals surface area contributed by atoms with Gasteiger partial charge in [-0.25, -0.2) is 0 Å². The van der Waals surface area contributed by atoms with Crippen LogP contribution >= 0.6 is 0 Å². The first-order valence-electron chi connectivity index (χ1n) is 7.75. The predicted molar refractivity (Wildman–Crippen MR) is 85.5 cm³/mol. The summed E-state index contributed by atoms with van der Waals surface area (Å²) >= 11 is 0. The molecule has 2 aliphatic rings. The van der Waals surface area contributed by atoms with Crippen LogP contribution in [0.5, 0.6) is 5.75 Å². The van der Waals surface area contributed by atoms with E-state index in [1.165, 1.54) is 10.5 Å². The molecular weight excluding hydrogens is 290 g/mol. The van der Waals surface area contributed by atoms with E-state index in [2.05, 4.69) is 6.92 Å². The third-order valence-corrected chi connectivity index (χ3v) is 4.86. The molecule has 1 heterocycles. The van der Waals surface area contributed by atoms with E-state index in [4.69, 9.17) is 4.74 Å². The zero-order valence-corrected chi connectivity index (χ0v) is 13.1. The smallest absolute Gasteiger partial charge is 0.262 e. The van der Waals surface area contributed by atoms with Gasteiger partial charge in [0.05, 0.1) is 24.3 Å². The molecule has 4 heteroatoms. The van der Waals surface area contributed by atoms with Crippen LogP contribution in [0.25, 0.3) is 0 Å². The molecule has 1 aliphatic carbocycles. The summed E-state index contributed by atoms with van der Waals surface area (Å²) in [4.78, 5) is 27.0. The second kappa shape index (κ2) is 4.95. The molecule has 0 bridgehead atoms. The Hall–Kier alpha value is -2.62. The minimum Gasteiger partial charge on any atom is -0.497 e. The van der Waals surface area contributed by atoms with Gasteiger partial charge in [-0.1, -0.05) is 25.1 Å². The molecule has 0 saturated carbocycles. The molecular formula is C19H17NO3. The quantitative estimate of drug-likeness (QED) is 0.800. The van der Waals surface area contributed by atoms with Gasteiger partial charge in [-0.2, -0.15) is 0 Å². The van der Waals surface area contributed by atoms with Crippen LogP contribution in [0.4, 0.5) is 0 Å². The molecule has 23 heavy (non-hydrogen) atoms. The van der Waals surface area contributed by atoms with Crippen LogP contribution in [0.2, 0.25) is 0 Å². The SMILES string of the molecule is COc1ccc2c(c1)[C@H](N1C(=O)c3ccccc3C1=O)[C@@H](C)C2. The number of methoxy groups -OCH3 is 1. The van der Waals surface area contributed by atoms with Crippen LogP contribution in [0.3, 0.4) is 0 Å². The molecule has 2 amide bonds. The second-order valence-electron chi connectivity index (χ2n) is 6.22. The van der Waals surface area contributed by atoms with Crippen LogP contribution in [-0.2, 0) is 6.42 Å². The second-order valence-corrected chi connectivity index (χ2v) is 6.22. The Labute approximate surface area is 134 Å². The molecule has 2 aromatic carbocycles. The average molecular weight is 307 g/mol. The van der Waals surface area contributed by atoms with Crippen molar-refractivity contribution < 1.29 is 14.3 Å². The summed E-state index contributed by atoms with van der Waals surface area (Å²) in [5.41, 5.74) is 3.20. The van der Waals surface area contributed by atoms with Gasteiger partial charge in [0.1, 0.15) is 5.75 Å². The molecule has 116 valence electrons. The number of hydrogen-bond acceptors (Lipinski definition) is 3. The topological polar surface area (TPSA) is 46.6 Å². The third-order valence-electron chi connectivity index (χ3n) is 4.86. The maximum atomic E-state index is 12.8. The molecule has 0 aromatic heterocycles. The maximum absolute atomic E-state index is 12.8. The van der Waals surface area contributed by atoms with Gasteiger partial charge in [0.25, 0.3) is 11.8 Å².